The zero-order chi connectivity index (χ0) is 41.5. The van der Waals surface area contributed by atoms with Crippen LogP contribution in [0.1, 0.15) is 100 Å². The Balaban J connectivity index is 1.64. The summed E-state index contributed by atoms with van der Waals surface area (Å²) in [6.07, 6.45) is 3.24. The van der Waals surface area contributed by atoms with Crippen molar-refractivity contribution in [3.8, 4) is 11.5 Å². The molecule has 0 spiro atoms. The van der Waals surface area contributed by atoms with Crippen molar-refractivity contribution in [2.45, 2.75) is 99.4 Å². The number of aliphatic hydroxyl groups is 4. The molecule has 13 nitrogen and oxygen atoms in total. The van der Waals surface area contributed by atoms with Crippen molar-refractivity contribution >= 4 is 17.5 Å². The highest BCUT2D eigenvalue weighted by Crippen LogP contribution is 2.51. The number of nitrogens with zero attached hydrogens (tertiary/aromatic N) is 2. The number of rotatable bonds is 3. The Bertz CT molecular complexity index is 1830. The molecule has 0 saturated carbocycles. The predicted octanol–water partition coefficient (Wildman–Crippen LogP) is 4.13. The molecule has 308 valence electrons. The highest BCUT2D eigenvalue weighted by Gasteiger charge is 2.53. The Morgan fingerprint density at radius 2 is 1.46 bits per heavy atom. The molecule has 0 radical (unpaired) electrons. The van der Waals surface area contributed by atoms with Gasteiger partial charge in [0.1, 0.15) is 23.3 Å². The number of amides is 1. The average Bonchev–Trinajstić information content (AvgIpc) is 3.42. The van der Waals surface area contributed by atoms with E-state index >= 15 is 0 Å². The second-order valence-corrected chi connectivity index (χ2v) is 16.9. The van der Waals surface area contributed by atoms with Crippen LogP contribution in [0.4, 0.5) is 0 Å². The minimum absolute atomic E-state index is 0.0242. The van der Waals surface area contributed by atoms with Gasteiger partial charge in [0.2, 0.25) is 5.78 Å². The number of hydrogen-bond acceptors (Lipinski definition) is 12. The third-order valence-electron chi connectivity index (χ3n) is 12.3. The van der Waals surface area contributed by atoms with Crippen LogP contribution in [0.3, 0.4) is 0 Å². The van der Waals surface area contributed by atoms with Gasteiger partial charge in [-0.05, 0) is 37.7 Å². The van der Waals surface area contributed by atoms with E-state index < -0.39 is 71.2 Å². The Morgan fingerprint density at radius 1 is 0.857 bits per heavy atom. The zero-order valence-electron chi connectivity index (χ0n) is 34.4. The number of hydrogen-bond donors (Lipinski definition) is 6. The number of nitrogens with one attached hydrogen (secondary N) is 1. The second-order valence-electron chi connectivity index (χ2n) is 16.9. The molecule has 5 aliphatic rings. The molecule has 1 fully saturated rings. The van der Waals surface area contributed by atoms with E-state index in [1.807, 2.05) is 18.7 Å². The van der Waals surface area contributed by atoms with Crippen LogP contribution in [0.15, 0.2) is 47.5 Å². The van der Waals surface area contributed by atoms with Crippen LogP contribution in [-0.4, -0.2) is 110 Å². The maximum absolute atomic E-state index is 14.6. The molecule has 10 atom stereocenters. The van der Waals surface area contributed by atoms with E-state index in [9.17, 15) is 39.9 Å². The molecule has 4 heterocycles. The van der Waals surface area contributed by atoms with E-state index in [4.69, 9.17) is 9.47 Å². The number of fused-ring (bicyclic) bond motifs is 14. The number of Topliss-reactive ketones (excluding diaryl/α,β-unsaturated/α-hetero) is 2. The summed E-state index contributed by atoms with van der Waals surface area (Å²) < 4.78 is 12.1. The lowest BCUT2D eigenvalue weighted by atomic mass is 9.77. The molecule has 1 aromatic rings. The lowest BCUT2D eigenvalue weighted by molar-refractivity contribution is -0.116. The first-order valence-electron chi connectivity index (χ1n) is 19.8. The number of aromatic hydroxyl groups is 1. The minimum Gasteiger partial charge on any atom is -0.507 e. The molecular formula is C43H61N3O10. The zero-order valence-corrected chi connectivity index (χ0v) is 34.4. The van der Waals surface area contributed by atoms with E-state index in [0.717, 1.165) is 6.54 Å². The first-order valence-corrected chi connectivity index (χ1v) is 19.8. The summed E-state index contributed by atoms with van der Waals surface area (Å²) in [5, 5.41) is 60.4. The Kier molecular flexibility index (Phi) is 13.0. The molecule has 1 aliphatic carbocycles. The Hall–Kier alpha value is -4.01. The van der Waals surface area contributed by atoms with Crippen LogP contribution in [0, 0.1) is 42.4 Å². The van der Waals surface area contributed by atoms with Crippen LogP contribution in [0.25, 0.3) is 0 Å². The molecule has 1 amide bonds. The maximum atomic E-state index is 14.6. The Labute approximate surface area is 330 Å². The summed E-state index contributed by atoms with van der Waals surface area (Å²) in [5.41, 5.74) is -0.284. The van der Waals surface area contributed by atoms with Gasteiger partial charge >= 0.3 is 5.79 Å². The number of ether oxygens (including phenoxy) is 2. The van der Waals surface area contributed by atoms with Crippen LogP contribution in [-0.2, 0) is 9.53 Å². The summed E-state index contributed by atoms with van der Waals surface area (Å²) in [6, 6.07) is 0. The van der Waals surface area contributed by atoms with Gasteiger partial charge < -0.3 is 45.2 Å². The highest BCUT2D eigenvalue weighted by molar-refractivity contribution is 6.19. The summed E-state index contributed by atoms with van der Waals surface area (Å²) in [4.78, 5) is 46.9. The van der Waals surface area contributed by atoms with Gasteiger partial charge in [0, 0.05) is 74.1 Å². The van der Waals surface area contributed by atoms with Crippen molar-refractivity contribution in [3.05, 3.63) is 69.8 Å². The molecule has 4 aliphatic heterocycles. The highest BCUT2D eigenvalue weighted by atomic mass is 16.7. The SMILES string of the molecule is C/C1=C/C=C/[C@H](C)[C@H](O)[C@@H](C)[C@@H](O)[C@@H](C)[C@H](O)[C@H](C)[C@@H](C)/C=C/O[C@@]2(C)Oc3c(C)c(O)c4c(c3C2=O)C(O)C(N2CCN(CC(C)C)CC2)=C(NC1=O)C4=O. The van der Waals surface area contributed by atoms with Crippen LogP contribution < -0.4 is 10.1 Å². The van der Waals surface area contributed by atoms with Gasteiger partial charge in [-0.25, -0.2) is 0 Å². The number of benzene rings is 1. The number of aliphatic hydroxyl groups excluding tert-OH is 4. The summed E-state index contributed by atoms with van der Waals surface area (Å²) >= 11 is 0. The average molecular weight is 780 g/mol. The molecule has 0 aromatic heterocycles. The van der Waals surface area contributed by atoms with Crippen molar-refractivity contribution in [1.82, 2.24) is 15.1 Å². The first-order chi connectivity index (χ1) is 26.2. The van der Waals surface area contributed by atoms with Gasteiger partial charge in [-0.15, -0.1) is 0 Å². The minimum atomic E-state index is -1.94. The molecule has 6 N–H and O–H groups in total. The molecule has 56 heavy (non-hydrogen) atoms. The van der Waals surface area contributed by atoms with Crippen molar-refractivity contribution in [1.29, 1.82) is 0 Å². The van der Waals surface area contributed by atoms with E-state index in [0.29, 0.717) is 32.1 Å². The fraction of sp³-hybridized carbons (Fsp3) is 0.605. The maximum Gasteiger partial charge on any atom is 0.312 e. The van der Waals surface area contributed by atoms with Crippen LogP contribution >= 0.6 is 0 Å². The number of phenolic OH excluding ortho intramolecular Hbond substituents is 1. The van der Waals surface area contributed by atoms with Gasteiger partial charge in [0.05, 0.1) is 41.4 Å². The van der Waals surface area contributed by atoms with E-state index in [1.54, 1.807) is 45.9 Å². The van der Waals surface area contributed by atoms with Crippen LogP contribution in [0.2, 0.25) is 0 Å². The number of phenols is 1. The molecule has 6 rings (SSSR count). The molecule has 1 aromatic carbocycles. The topological polar surface area (TPSA) is 189 Å². The molecular weight excluding hydrogens is 718 g/mol. The fourth-order valence-electron chi connectivity index (χ4n) is 8.31. The van der Waals surface area contributed by atoms with Crippen molar-refractivity contribution in [2.75, 3.05) is 32.7 Å². The smallest absolute Gasteiger partial charge is 0.312 e. The van der Waals surface area contributed by atoms with Gasteiger partial charge in [-0.3, -0.25) is 19.3 Å². The largest absolute Gasteiger partial charge is 0.507 e. The normalized spacial score (nSPS) is 35.8. The monoisotopic (exact) mass is 779 g/mol. The van der Waals surface area contributed by atoms with Gasteiger partial charge in [-0.2, -0.15) is 0 Å². The lowest BCUT2D eigenvalue weighted by Gasteiger charge is -2.41. The molecule has 5 bridgehead atoms. The fourth-order valence-corrected chi connectivity index (χ4v) is 8.31. The van der Waals surface area contributed by atoms with E-state index in [-0.39, 0.29) is 56.8 Å². The number of carbonyl (C=O) groups excluding carboxylic acids is 3. The lowest BCUT2D eigenvalue weighted by Crippen LogP contribution is -2.50. The number of ketones is 2. The predicted molar refractivity (Wildman–Crippen MR) is 210 cm³/mol. The third kappa shape index (κ3) is 8.06. The number of carbonyl (C=O) groups is 3. The summed E-state index contributed by atoms with van der Waals surface area (Å²) in [6.45, 7) is 20.6. The second kappa shape index (κ2) is 16.8. The van der Waals surface area contributed by atoms with Gasteiger partial charge in [0.15, 0.2) is 0 Å². The van der Waals surface area contributed by atoms with E-state index in [1.165, 1.54) is 26.2 Å². The summed E-state index contributed by atoms with van der Waals surface area (Å²) in [5.74, 6) is -6.42. The molecule has 1 saturated heterocycles. The van der Waals surface area contributed by atoms with E-state index in [2.05, 4.69) is 24.1 Å². The van der Waals surface area contributed by atoms with Gasteiger partial charge in [0.25, 0.3) is 11.7 Å². The van der Waals surface area contributed by atoms with Crippen molar-refractivity contribution in [2.24, 2.45) is 35.5 Å². The number of allylic oxidation sites excluding steroid dienone is 4. The molecule has 1 unspecified atom stereocenters. The third-order valence-corrected chi connectivity index (χ3v) is 12.3. The number of piperazine rings is 1. The van der Waals surface area contributed by atoms with Gasteiger partial charge in [-0.1, -0.05) is 66.7 Å². The Morgan fingerprint density at radius 3 is 2.09 bits per heavy atom. The molecule has 13 heteroatoms. The van der Waals surface area contributed by atoms with Crippen molar-refractivity contribution < 1.29 is 49.4 Å². The first kappa shape index (κ1) is 43.1. The van der Waals surface area contributed by atoms with Crippen LogP contribution in [0.5, 0.6) is 11.5 Å². The standard InChI is InChI=1S/C43H61N3O10/c1-21(2)20-45-15-17-46(18-16-45)33-32-38(51)30-29(39(33)52)31-40(28(9)37(30)50)56-43(10,41(31)53)55-19-14-22(3)25(6)35(48)27(8)36(49)26(7)34(47)23(4)12-11-13-24(5)42(54)44-32/h11-14,19,21-23,25-27,34-36,39,47-50,52H,15-18,20H2,1-10H3,(H,44,54)/b12-11+,19-14+,24-13-/t22-,23-,25+,26+,27-,34-,35+,36+,39?,43-/m0/s1. The summed E-state index contributed by atoms with van der Waals surface area (Å²) in [7, 11) is 0. The quantitative estimate of drug-likeness (QED) is 0.258. The van der Waals surface area contributed by atoms with Crippen molar-refractivity contribution in [3.63, 3.8) is 0 Å².